The number of benzene rings is 1. The van der Waals surface area contributed by atoms with Gasteiger partial charge in [0.25, 0.3) is 0 Å². The molecule has 0 radical (unpaired) electrons. The highest BCUT2D eigenvalue weighted by Crippen LogP contribution is 2.35. The van der Waals surface area contributed by atoms with Gasteiger partial charge in [0.05, 0.1) is 11.1 Å². The molecule has 2 aromatic rings. The number of rotatable bonds is 2. The molecule has 0 amide bonds. The molecule has 0 unspecified atom stereocenters. The van der Waals surface area contributed by atoms with Gasteiger partial charge >= 0.3 is 6.18 Å². The fourth-order valence-corrected chi connectivity index (χ4v) is 2.69. The van der Waals surface area contributed by atoms with Crippen LogP contribution in [0.15, 0.2) is 24.4 Å². The lowest BCUT2D eigenvalue weighted by atomic mass is 10.1. The molecule has 0 aliphatic carbocycles. The van der Waals surface area contributed by atoms with Crippen molar-refractivity contribution in [3.63, 3.8) is 0 Å². The Kier molecular flexibility index (Phi) is 3.43. The van der Waals surface area contributed by atoms with Crippen LogP contribution >= 0.6 is 0 Å². The third-order valence-electron chi connectivity index (χ3n) is 3.71. The number of hydrogen-bond acceptors (Lipinski definition) is 2. The van der Waals surface area contributed by atoms with E-state index in [-0.39, 0.29) is 5.52 Å². The molecule has 1 aromatic heterocycles. The van der Waals surface area contributed by atoms with Gasteiger partial charge in [-0.25, -0.2) is 0 Å². The summed E-state index contributed by atoms with van der Waals surface area (Å²) >= 11 is 0. The Hall–Kier alpha value is -1.53. The van der Waals surface area contributed by atoms with Gasteiger partial charge in [0, 0.05) is 44.3 Å². The molecule has 108 valence electrons. The number of alkyl halides is 3. The van der Waals surface area contributed by atoms with Crippen LogP contribution in [-0.4, -0.2) is 36.1 Å². The van der Waals surface area contributed by atoms with E-state index in [1.807, 2.05) is 0 Å². The Morgan fingerprint density at radius 2 is 1.90 bits per heavy atom. The van der Waals surface area contributed by atoms with E-state index in [9.17, 15) is 13.2 Å². The Balaban J connectivity index is 1.93. The fraction of sp³-hybridized carbons (Fsp3) is 0.429. The van der Waals surface area contributed by atoms with Crippen molar-refractivity contribution in [1.82, 2.24) is 15.2 Å². The van der Waals surface area contributed by atoms with Gasteiger partial charge in [0.1, 0.15) is 0 Å². The summed E-state index contributed by atoms with van der Waals surface area (Å²) in [4.78, 5) is 5.04. The quantitative estimate of drug-likeness (QED) is 0.887. The SMILES string of the molecule is FC(F)(F)c1cccc2c(CN3CCNCC3)c[nH]c12. The minimum absolute atomic E-state index is 0.185. The molecular formula is C14H16F3N3. The Morgan fingerprint density at radius 1 is 1.15 bits per heavy atom. The predicted octanol–water partition coefficient (Wildman–Crippen LogP) is 2.59. The van der Waals surface area contributed by atoms with Crippen LogP contribution in [0, 0.1) is 0 Å². The Labute approximate surface area is 114 Å². The van der Waals surface area contributed by atoms with E-state index in [0.29, 0.717) is 11.9 Å². The number of fused-ring (bicyclic) bond motifs is 1. The lowest BCUT2D eigenvalue weighted by molar-refractivity contribution is -0.136. The number of piperazine rings is 1. The highest BCUT2D eigenvalue weighted by atomic mass is 19.4. The normalized spacial score (nSPS) is 17.8. The average molecular weight is 283 g/mol. The zero-order valence-corrected chi connectivity index (χ0v) is 10.9. The first-order valence-corrected chi connectivity index (χ1v) is 6.65. The maximum atomic E-state index is 12.9. The molecule has 3 rings (SSSR count). The summed E-state index contributed by atoms with van der Waals surface area (Å²) < 4.78 is 38.8. The maximum absolute atomic E-state index is 12.9. The summed E-state index contributed by atoms with van der Waals surface area (Å²) in [6.07, 6.45) is -2.63. The molecule has 3 nitrogen and oxygen atoms in total. The number of para-hydroxylation sites is 1. The molecule has 6 heteroatoms. The van der Waals surface area contributed by atoms with Gasteiger partial charge in [-0.15, -0.1) is 0 Å². The number of halogens is 3. The highest BCUT2D eigenvalue weighted by molar-refractivity contribution is 5.86. The summed E-state index contributed by atoms with van der Waals surface area (Å²) in [5.41, 5.74) is 0.514. The molecule has 0 atom stereocenters. The first kappa shape index (κ1) is 13.5. The standard InChI is InChI=1S/C14H16F3N3/c15-14(16,17)12-3-1-2-11-10(8-19-13(11)12)9-20-6-4-18-5-7-20/h1-3,8,18-19H,4-7,9H2. The molecule has 1 aliphatic heterocycles. The summed E-state index contributed by atoms with van der Waals surface area (Å²) in [6, 6.07) is 4.34. The monoisotopic (exact) mass is 283 g/mol. The van der Waals surface area contributed by atoms with Crippen molar-refractivity contribution in [3.8, 4) is 0 Å². The fourth-order valence-electron chi connectivity index (χ4n) is 2.69. The summed E-state index contributed by atoms with van der Waals surface area (Å²) in [7, 11) is 0. The van der Waals surface area contributed by atoms with E-state index < -0.39 is 11.7 Å². The van der Waals surface area contributed by atoms with Crippen molar-refractivity contribution in [2.75, 3.05) is 26.2 Å². The number of H-pyrrole nitrogens is 1. The van der Waals surface area contributed by atoms with Crippen LogP contribution in [0.5, 0.6) is 0 Å². The molecule has 0 saturated carbocycles. The zero-order chi connectivity index (χ0) is 14.2. The third kappa shape index (κ3) is 2.53. The molecule has 1 fully saturated rings. The van der Waals surface area contributed by atoms with E-state index in [2.05, 4.69) is 15.2 Å². The number of nitrogens with one attached hydrogen (secondary N) is 2. The van der Waals surface area contributed by atoms with Crippen molar-refractivity contribution < 1.29 is 13.2 Å². The van der Waals surface area contributed by atoms with E-state index in [0.717, 1.165) is 37.8 Å². The summed E-state index contributed by atoms with van der Waals surface area (Å²) in [5, 5.41) is 3.93. The van der Waals surface area contributed by atoms with Gasteiger partial charge in [0.2, 0.25) is 0 Å². The molecule has 0 spiro atoms. The third-order valence-corrected chi connectivity index (χ3v) is 3.71. The van der Waals surface area contributed by atoms with Gasteiger partial charge in [-0.2, -0.15) is 13.2 Å². The molecular weight excluding hydrogens is 267 g/mol. The minimum atomic E-state index is -4.32. The lowest BCUT2D eigenvalue weighted by Gasteiger charge is -2.26. The number of nitrogens with zero attached hydrogens (tertiary/aromatic N) is 1. The van der Waals surface area contributed by atoms with Crippen molar-refractivity contribution in [2.24, 2.45) is 0 Å². The van der Waals surface area contributed by atoms with Gasteiger partial charge in [-0.3, -0.25) is 4.90 Å². The zero-order valence-electron chi connectivity index (χ0n) is 10.9. The van der Waals surface area contributed by atoms with E-state index in [4.69, 9.17) is 0 Å². The lowest BCUT2D eigenvalue weighted by Crippen LogP contribution is -2.42. The van der Waals surface area contributed by atoms with Crippen LogP contribution in [0.4, 0.5) is 13.2 Å². The molecule has 20 heavy (non-hydrogen) atoms. The largest absolute Gasteiger partial charge is 0.418 e. The molecule has 1 aliphatic rings. The van der Waals surface area contributed by atoms with Crippen LogP contribution in [0.25, 0.3) is 10.9 Å². The van der Waals surface area contributed by atoms with Crippen LogP contribution in [0.3, 0.4) is 0 Å². The van der Waals surface area contributed by atoms with E-state index in [1.165, 1.54) is 6.07 Å². The average Bonchev–Trinajstić information content (AvgIpc) is 2.82. The van der Waals surface area contributed by atoms with Gasteiger partial charge in [-0.1, -0.05) is 12.1 Å². The van der Waals surface area contributed by atoms with Crippen molar-refractivity contribution in [2.45, 2.75) is 12.7 Å². The summed E-state index contributed by atoms with van der Waals surface area (Å²) in [6.45, 7) is 4.38. The van der Waals surface area contributed by atoms with Gasteiger partial charge in [-0.05, 0) is 11.6 Å². The molecule has 1 saturated heterocycles. The minimum Gasteiger partial charge on any atom is -0.360 e. The Bertz CT molecular complexity index is 597. The second kappa shape index (κ2) is 5.10. The molecule has 2 N–H and O–H groups in total. The Morgan fingerprint density at radius 3 is 2.60 bits per heavy atom. The van der Waals surface area contributed by atoms with Crippen molar-refractivity contribution in [1.29, 1.82) is 0 Å². The molecule has 1 aromatic carbocycles. The van der Waals surface area contributed by atoms with E-state index >= 15 is 0 Å². The van der Waals surface area contributed by atoms with Crippen LogP contribution in [-0.2, 0) is 12.7 Å². The maximum Gasteiger partial charge on any atom is 0.418 e. The second-order valence-corrected chi connectivity index (χ2v) is 5.07. The number of hydrogen-bond donors (Lipinski definition) is 2. The topological polar surface area (TPSA) is 31.1 Å². The van der Waals surface area contributed by atoms with E-state index in [1.54, 1.807) is 12.3 Å². The second-order valence-electron chi connectivity index (χ2n) is 5.07. The molecule has 2 heterocycles. The highest BCUT2D eigenvalue weighted by Gasteiger charge is 2.33. The van der Waals surface area contributed by atoms with Crippen molar-refractivity contribution >= 4 is 10.9 Å². The van der Waals surface area contributed by atoms with Gasteiger partial charge in [0.15, 0.2) is 0 Å². The van der Waals surface area contributed by atoms with Crippen LogP contribution in [0.2, 0.25) is 0 Å². The predicted molar refractivity (Wildman–Crippen MR) is 71.4 cm³/mol. The molecule has 0 bridgehead atoms. The first-order chi connectivity index (χ1) is 9.55. The van der Waals surface area contributed by atoms with Gasteiger partial charge < -0.3 is 10.3 Å². The summed E-state index contributed by atoms with van der Waals surface area (Å²) in [5.74, 6) is 0. The van der Waals surface area contributed by atoms with Crippen molar-refractivity contribution in [3.05, 3.63) is 35.5 Å². The van der Waals surface area contributed by atoms with Crippen LogP contribution < -0.4 is 5.32 Å². The smallest absolute Gasteiger partial charge is 0.360 e. The van der Waals surface area contributed by atoms with Crippen LogP contribution in [0.1, 0.15) is 11.1 Å². The number of aromatic nitrogens is 1. The first-order valence-electron chi connectivity index (χ1n) is 6.65. The number of aromatic amines is 1.